The Hall–Kier alpha value is -2.18. The summed E-state index contributed by atoms with van der Waals surface area (Å²) in [6, 6.07) is 6.65. The average Bonchev–Trinajstić information content (AvgIpc) is 2.70. The lowest BCUT2D eigenvalue weighted by Gasteiger charge is -2.16. The third-order valence-electron chi connectivity index (χ3n) is 3.66. The molecule has 2 unspecified atom stereocenters. The maximum atomic E-state index is 12.3. The molecule has 0 saturated carbocycles. The highest BCUT2D eigenvalue weighted by Crippen LogP contribution is 2.17. The van der Waals surface area contributed by atoms with E-state index in [4.69, 9.17) is 10.5 Å². The molecule has 2 atom stereocenters. The van der Waals surface area contributed by atoms with Crippen molar-refractivity contribution in [2.75, 3.05) is 12.4 Å². The molecule has 0 bridgehead atoms. The van der Waals surface area contributed by atoms with Crippen molar-refractivity contribution in [2.45, 2.75) is 47.6 Å². The Kier molecular flexibility index (Phi) is 13.7. The first-order valence-corrected chi connectivity index (χ1v) is 10.8. The van der Waals surface area contributed by atoms with E-state index in [1.165, 1.54) is 0 Å². The van der Waals surface area contributed by atoms with Crippen LogP contribution in [-0.4, -0.2) is 28.5 Å². The second-order valence-corrected chi connectivity index (χ2v) is 7.13. The summed E-state index contributed by atoms with van der Waals surface area (Å²) in [6.45, 7) is 12.1. The fourth-order valence-electron chi connectivity index (χ4n) is 2.02. The van der Waals surface area contributed by atoms with Gasteiger partial charge < -0.3 is 10.5 Å². The molecule has 0 fully saturated rings. The number of nitrogens with one attached hydrogen (secondary N) is 1. The van der Waals surface area contributed by atoms with Gasteiger partial charge in [0.2, 0.25) is 0 Å². The van der Waals surface area contributed by atoms with Crippen LogP contribution in [0.25, 0.3) is 0 Å². The number of carbonyl (C=O) groups is 1. The Bertz CT molecular complexity index is 724. The number of carbonyl (C=O) groups excluding carboxylic acids is 1. The summed E-state index contributed by atoms with van der Waals surface area (Å²) < 4.78 is 21.0. The number of primary amides is 1. The second kappa shape index (κ2) is 14.8. The first-order chi connectivity index (χ1) is 13.4. The number of hydrogen-bond donors (Lipinski definition) is 2. The van der Waals surface area contributed by atoms with Gasteiger partial charge in [0.15, 0.2) is 0 Å². The molecule has 1 rings (SSSR count). The van der Waals surface area contributed by atoms with E-state index in [0.29, 0.717) is 17.1 Å². The summed E-state index contributed by atoms with van der Waals surface area (Å²) in [5, 5.41) is 0. The van der Waals surface area contributed by atoms with Crippen molar-refractivity contribution in [1.29, 1.82) is 0 Å². The predicted octanol–water partition coefficient (Wildman–Crippen LogP) is 4.30. The summed E-state index contributed by atoms with van der Waals surface area (Å²) in [7, 11) is -1.23. The Balaban J connectivity index is 0.00000352. The van der Waals surface area contributed by atoms with Gasteiger partial charge in [0, 0.05) is 0 Å². The third kappa shape index (κ3) is 10.2. The van der Waals surface area contributed by atoms with E-state index >= 15 is 0 Å². The zero-order valence-corrected chi connectivity index (χ0v) is 18.6. The molecular weight excluding hydrogens is 372 g/mol. The summed E-state index contributed by atoms with van der Waals surface area (Å²) in [5.74, 6) is 0.302. The molecular formula is C22H34N2O3S. The van der Waals surface area contributed by atoms with Gasteiger partial charge in [-0.15, -0.1) is 0 Å². The van der Waals surface area contributed by atoms with E-state index in [1.54, 1.807) is 24.3 Å². The van der Waals surface area contributed by atoms with Gasteiger partial charge in [0.05, 0.1) is 28.3 Å². The highest BCUT2D eigenvalue weighted by Gasteiger charge is 2.12. The van der Waals surface area contributed by atoms with Crippen molar-refractivity contribution in [3.05, 3.63) is 65.3 Å². The lowest BCUT2D eigenvalue weighted by Crippen LogP contribution is -2.34. The topological polar surface area (TPSA) is 81.4 Å². The summed E-state index contributed by atoms with van der Waals surface area (Å²) >= 11 is 0. The van der Waals surface area contributed by atoms with Gasteiger partial charge in [-0.2, -0.15) is 0 Å². The van der Waals surface area contributed by atoms with E-state index in [2.05, 4.69) is 4.72 Å². The molecule has 6 heteroatoms. The summed E-state index contributed by atoms with van der Waals surface area (Å²) in [5.41, 5.74) is 7.81. The molecule has 1 aromatic rings. The van der Waals surface area contributed by atoms with E-state index < -0.39 is 16.9 Å². The van der Waals surface area contributed by atoms with Crippen molar-refractivity contribution < 1.29 is 13.7 Å². The minimum absolute atomic E-state index is 0.156. The molecule has 0 heterocycles. The number of benzene rings is 1. The van der Waals surface area contributed by atoms with Crippen LogP contribution in [0.4, 0.5) is 0 Å². The van der Waals surface area contributed by atoms with Gasteiger partial charge in [0.1, 0.15) is 12.4 Å². The lowest BCUT2D eigenvalue weighted by molar-refractivity contribution is 0.0996. The molecule has 0 saturated heterocycles. The second-order valence-electron chi connectivity index (χ2n) is 5.91. The first-order valence-electron chi connectivity index (χ1n) is 9.49. The van der Waals surface area contributed by atoms with Crippen LogP contribution in [0, 0.1) is 0 Å². The molecule has 0 radical (unpaired) electrons. The zero-order valence-electron chi connectivity index (χ0n) is 17.8. The molecule has 0 aromatic heterocycles. The maximum absolute atomic E-state index is 12.3. The van der Waals surface area contributed by atoms with Gasteiger partial charge in [-0.25, -0.2) is 8.93 Å². The SMILES string of the molecule is C/C=C(C)/C=C\C(=C/C)CS(=O)NC(C)COc1ccccc1C(N)=O.CC. The number of amides is 1. The Morgan fingerprint density at radius 3 is 2.43 bits per heavy atom. The smallest absolute Gasteiger partial charge is 0.252 e. The number of nitrogens with two attached hydrogens (primary N) is 1. The Morgan fingerprint density at radius 1 is 1.21 bits per heavy atom. The highest BCUT2D eigenvalue weighted by atomic mass is 32.2. The van der Waals surface area contributed by atoms with Crippen molar-refractivity contribution >= 4 is 16.9 Å². The molecule has 1 amide bonds. The van der Waals surface area contributed by atoms with Crippen molar-refractivity contribution in [1.82, 2.24) is 4.72 Å². The quantitative estimate of drug-likeness (QED) is 0.568. The highest BCUT2D eigenvalue weighted by molar-refractivity contribution is 7.83. The van der Waals surface area contributed by atoms with Crippen molar-refractivity contribution in [3.63, 3.8) is 0 Å². The Labute approximate surface area is 172 Å². The molecule has 3 N–H and O–H groups in total. The zero-order chi connectivity index (χ0) is 21.5. The van der Waals surface area contributed by atoms with Crippen LogP contribution in [0.3, 0.4) is 0 Å². The molecule has 156 valence electrons. The van der Waals surface area contributed by atoms with E-state index in [1.807, 2.05) is 65.8 Å². The van der Waals surface area contributed by atoms with Crippen LogP contribution in [0.5, 0.6) is 5.75 Å². The van der Waals surface area contributed by atoms with Crippen LogP contribution < -0.4 is 15.2 Å². The van der Waals surface area contributed by atoms with Gasteiger partial charge in [-0.05, 0) is 45.4 Å². The van der Waals surface area contributed by atoms with Crippen molar-refractivity contribution in [3.8, 4) is 5.75 Å². The van der Waals surface area contributed by atoms with Gasteiger partial charge >= 0.3 is 0 Å². The minimum atomic E-state index is -1.23. The first kappa shape index (κ1) is 25.8. The fraction of sp³-hybridized carbons (Fsp3) is 0.409. The molecule has 28 heavy (non-hydrogen) atoms. The number of allylic oxidation sites excluding steroid dienone is 5. The number of rotatable bonds is 10. The standard InChI is InChI=1S/C20H28N2O3S.C2H6/c1-5-15(3)11-12-17(6-2)14-26(24)22-16(4)13-25-19-10-8-7-9-18(19)20(21)23;1-2/h5-12,16,22H,13-14H2,1-4H3,(H2,21,23);1-2H3/b12-11-,15-5+,17-6+;. The monoisotopic (exact) mass is 406 g/mol. The van der Waals surface area contributed by atoms with Gasteiger partial charge in [-0.3, -0.25) is 4.79 Å². The summed E-state index contributed by atoms with van der Waals surface area (Å²) in [4.78, 5) is 11.4. The Morgan fingerprint density at radius 2 is 1.86 bits per heavy atom. The molecule has 1 aromatic carbocycles. The molecule has 5 nitrogen and oxygen atoms in total. The molecule has 0 aliphatic rings. The van der Waals surface area contributed by atoms with Gasteiger partial charge in [0.25, 0.3) is 5.91 Å². The predicted molar refractivity (Wildman–Crippen MR) is 120 cm³/mol. The van der Waals surface area contributed by atoms with Crippen LogP contribution in [-0.2, 0) is 11.0 Å². The van der Waals surface area contributed by atoms with Crippen LogP contribution in [0.2, 0.25) is 0 Å². The van der Waals surface area contributed by atoms with Crippen LogP contribution >= 0.6 is 0 Å². The third-order valence-corrected chi connectivity index (χ3v) is 4.92. The molecule has 0 aliphatic heterocycles. The van der Waals surface area contributed by atoms with E-state index in [-0.39, 0.29) is 12.6 Å². The number of hydrogen-bond acceptors (Lipinski definition) is 3. The molecule has 0 spiro atoms. The van der Waals surface area contributed by atoms with Crippen molar-refractivity contribution in [2.24, 2.45) is 5.73 Å². The normalized spacial score (nSPS) is 14.2. The summed E-state index contributed by atoms with van der Waals surface area (Å²) in [6.07, 6.45) is 7.94. The lowest BCUT2D eigenvalue weighted by atomic mass is 10.2. The largest absolute Gasteiger partial charge is 0.491 e. The van der Waals surface area contributed by atoms with E-state index in [9.17, 15) is 9.00 Å². The minimum Gasteiger partial charge on any atom is -0.491 e. The van der Waals surface area contributed by atoms with Gasteiger partial charge in [-0.1, -0.05) is 55.9 Å². The number of ether oxygens (including phenoxy) is 1. The maximum Gasteiger partial charge on any atom is 0.252 e. The number of para-hydroxylation sites is 1. The fourth-order valence-corrected chi connectivity index (χ4v) is 3.19. The van der Waals surface area contributed by atoms with Crippen LogP contribution in [0.15, 0.2) is 59.7 Å². The average molecular weight is 407 g/mol. The van der Waals surface area contributed by atoms with E-state index in [0.717, 1.165) is 11.1 Å². The molecule has 0 aliphatic carbocycles. The van der Waals surface area contributed by atoms with Crippen LogP contribution in [0.1, 0.15) is 51.9 Å².